The molecule has 0 aliphatic rings. The average molecular weight is 494 g/mol. The Balaban J connectivity index is 0.00000272. The molecule has 3 aromatic rings. The second-order valence-electron chi connectivity index (χ2n) is 7.01. The van der Waals surface area contributed by atoms with E-state index in [1.54, 1.807) is 36.7 Å². The monoisotopic (exact) mass is 493 g/mol. The van der Waals surface area contributed by atoms with E-state index >= 15 is 0 Å². The molecule has 1 amide bonds. The lowest BCUT2D eigenvalue weighted by Crippen LogP contribution is -2.27. The van der Waals surface area contributed by atoms with E-state index in [4.69, 9.17) is 15.6 Å². The zero-order chi connectivity index (χ0) is 22.2. The number of pyridine rings is 1. The number of nitrogens with zero attached hydrogens (tertiary/aromatic N) is 1. The summed E-state index contributed by atoms with van der Waals surface area (Å²) in [5.74, 6) is -2.38. The van der Waals surface area contributed by atoms with Gasteiger partial charge >= 0.3 is 11.9 Å². The van der Waals surface area contributed by atoms with Crippen LogP contribution in [0.4, 0.5) is 5.69 Å². The first kappa shape index (κ1) is 27.8. The van der Waals surface area contributed by atoms with Gasteiger partial charge in [-0.2, -0.15) is 0 Å². The highest BCUT2D eigenvalue weighted by Gasteiger charge is 2.19. The van der Waals surface area contributed by atoms with Crippen molar-refractivity contribution in [3.63, 3.8) is 0 Å². The predicted molar refractivity (Wildman–Crippen MR) is 130 cm³/mol. The van der Waals surface area contributed by atoms with Crippen molar-refractivity contribution in [2.45, 2.75) is 25.4 Å². The lowest BCUT2D eigenvalue weighted by molar-refractivity contribution is -0.148. The number of ether oxygens (including phenoxy) is 1. The molecule has 0 bridgehead atoms. The van der Waals surface area contributed by atoms with Crippen LogP contribution in [0.25, 0.3) is 10.8 Å². The number of nitrogens with two attached hydrogens (primary N) is 1. The Morgan fingerprint density at radius 3 is 2.39 bits per heavy atom. The van der Waals surface area contributed by atoms with Gasteiger partial charge < -0.3 is 20.9 Å². The van der Waals surface area contributed by atoms with Crippen molar-refractivity contribution in [3.8, 4) is 0 Å². The van der Waals surface area contributed by atoms with Gasteiger partial charge in [0.25, 0.3) is 0 Å². The molecule has 176 valence electrons. The molecule has 33 heavy (non-hydrogen) atoms. The smallest absolute Gasteiger partial charge is 0.306 e. The molecule has 0 spiro atoms. The number of carboxylic acids is 1. The normalized spacial score (nSPS) is 10.9. The molecule has 0 saturated heterocycles. The Morgan fingerprint density at radius 1 is 1.00 bits per heavy atom. The molecule has 0 aliphatic carbocycles. The SMILES string of the molecule is Cl.Cl.NCC(C(=O)Nc1ccc2cnccc2c1)c1ccc(COC(=O)CCC(=O)O)cc1. The van der Waals surface area contributed by atoms with E-state index in [-0.39, 0.29) is 56.7 Å². The molecule has 1 heterocycles. The number of carboxylic acid groups (broad SMARTS) is 1. The number of nitrogens with one attached hydrogen (secondary N) is 1. The molecule has 3 rings (SSSR count). The van der Waals surface area contributed by atoms with Crippen molar-refractivity contribution in [2.24, 2.45) is 5.73 Å². The van der Waals surface area contributed by atoms with Gasteiger partial charge in [0.15, 0.2) is 0 Å². The highest BCUT2D eigenvalue weighted by molar-refractivity contribution is 5.98. The topological polar surface area (TPSA) is 132 Å². The van der Waals surface area contributed by atoms with Crippen LogP contribution in [-0.2, 0) is 25.7 Å². The fourth-order valence-electron chi connectivity index (χ4n) is 3.08. The molecule has 10 heteroatoms. The summed E-state index contributed by atoms with van der Waals surface area (Å²) in [5.41, 5.74) is 8.00. The number of esters is 1. The van der Waals surface area contributed by atoms with Crippen LogP contribution in [0, 0.1) is 0 Å². The van der Waals surface area contributed by atoms with Crippen LogP contribution >= 0.6 is 24.8 Å². The number of amides is 1. The second kappa shape index (κ2) is 13.4. The summed E-state index contributed by atoms with van der Waals surface area (Å²) >= 11 is 0. The number of fused-ring (bicyclic) bond motifs is 1. The Kier molecular flexibility index (Phi) is 11.3. The van der Waals surface area contributed by atoms with Crippen LogP contribution < -0.4 is 11.1 Å². The summed E-state index contributed by atoms with van der Waals surface area (Å²) in [6.45, 7) is 0.164. The maximum Gasteiger partial charge on any atom is 0.306 e. The maximum absolute atomic E-state index is 12.8. The summed E-state index contributed by atoms with van der Waals surface area (Å²) in [7, 11) is 0. The van der Waals surface area contributed by atoms with Crippen LogP contribution in [0.3, 0.4) is 0 Å². The number of carbonyl (C=O) groups is 3. The van der Waals surface area contributed by atoms with Gasteiger partial charge in [-0.05, 0) is 34.7 Å². The average Bonchev–Trinajstić information content (AvgIpc) is 2.77. The number of carbonyl (C=O) groups excluding carboxylic acids is 2. The summed E-state index contributed by atoms with van der Waals surface area (Å²) in [4.78, 5) is 38.9. The molecule has 1 atom stereocenters. The first-order valence-electron chi connectivity index (χ1n) is 9.77. The molecule has 1 aromatic heterocycles. The first-order chi connectivity index (χ1) is 15.0. The number of hydrogen-bond donors (Lipinski definition) is 3. The van der Waals surface area contributed by atoms with Gasteiger partial charge in [0.05, 0.1) is 18.8 Å². The van der Waals surface area contributed by atoms with Crippen LogP contribution in [0.15, 0.2) is 60.9 Å². The van der Waals surface area contributed by atoms with E-state index in [2.05, 4.69) is 10.3 Å². The minimum Gasteiger partial charge on any atom is -0.481 e. The standard InChI is InChI=1S/C23H23N3O5.2ClH/c24-12-20(23(30)26-19-6-5-18-13-25-10-9-17(18)11-19)16-3-1-15(2-4-16)14-31-22(29)8-7-21(27)28;;/h1-6,9-11,13,20H,7-8,12,14,24H2,(H,26,30)(H,27,28);2*1H. The maximum atomic E-state index is 12.8. The molecule has 0 fully saturated rings. The number of anilines is 1. The van der Waals surface area contributed by atoms with Gasteiger partial charge in [0.1, 0.15) is 6.61 Å². The molecule has 0 aliphatic heterocycles. The van der Waals surface area contributed by atoms with E-state index in [1.807, 2.05) is 24.3 Å². The fourth-order valence-corrected chi connectivity index (χ4v) is 3.08. The molecule has 4 N–H and O–H groups in total. The van der Waals surface area contributed by atoms with Gasteiger partial charge in [-0.1, -0.05) is 30.3 Å². The summed E-state index contributed by atoms with van der Waals surface area (Å²) in [6, 6.07) is 14.5. The summed E-state index contributed by atoms with van der Waals surface area (Å²) in [6.07, 6.45) is 3.02. The number of benzene rings is 2. The Morgan fingerprint density at radius 2 is 1.73 bits per heavy atom. The van der Waals surface area contributed by atoms with E-state index in [0.717, 1.165) is 21.9 Å². The Hall–Kier alpha value is -3.20. The number of aliphatic carboxylic acids is 1. The highest BCUT2D eigenvalue weighted by Crippen LogP contribution is 2.22. The first-order valence-corrected chi connectivity index (χ1v) is 9.77. The molecule has 2 aromatic carbocycles. The molecular weight excluding hydrogens is 469 g/mol. The Labute approximate surface area is 203 Å². The van der Waals surface area contributed by atoms with Crippen molar-refractivity contribution in [1.82, 2.24) is 4.98 Å². The summed E-state index contributed by atoms with van der Waals surface area (Å²) < 4.78 is 5.06. The van der Waals surface area contributed by atoms with Crippen LogP contribution in [0.2, 0.25) is 0 Å². The highest BCUT2D eigenvalue weighted by atomic mass is 35.5. The van der Waals surface area contributed by atoms with Crippen LogP contribution in [0.1, 0.15) is 29.9 Å². The van der Waals surface area contributed by atoms with Crippen molar-refractivity contribution in [3.05, 3.63) is 72.1 Å². The molecular formula is C23H25Cl2N3O5. The minimum atomic E-state index is -1.05. The van der Waals surface area contributed by atoms with Crippen molar-refractivity contribution < 1.29 is 24.2 Å². The van der Waals surface area contributed by atoms with E-state index in [0.29, 0.717) is 5.69 Å². The van der Waals surface area contributed by atoms with Gasteiger partial charge in [-0.3, -0.25) is 19.4 Å². The molecule has 0 saturated carbocycles. The third-order valence-corrected chi connectivity index (χ3v) is 4.79. The lowest BCUT2D eigenvalue weighted by atomic mass is 9.97. The van der Waals surface area contributed by atoms with E-state index < -0.39 is 17.9 Å². The van der Waals surface area contributed by atoms with Crippen LogP contribution in [0.5, 0.6) is 0 Å². The summed E-state index contributed by atoms with van der Waals surface area (Å²) in [5, 5.41) is 13.4. The number of hydrogen-bond acceptors (Lipinski definition) is 6. The lowest BCUT2D eigenvalue weighted by Gasteiger charge is -2.16. The van der Waals surface area contributed by atoms with Gasteiger partial charge in [0, 0.05) is 30.0 Å². The number of rotatable bonds is 9. The van der Waals surface area contributed by atoms with Crippen molar-refractivity contribution >= 4 is 59.1 Å². The van der Waals surface area contributed by atoms with Crippen molar-refractivity contribution in [1.29, 1.82) is 0 Å². The van der Waals surface area contributed by atoms with Crippen LogP contribution in [-0.4, -0.2) is 34.5 Å². The third kappa shape index (κ3) is 8.02. The van der Waals surface area contributed by atoms with E-state index in [1.165, 1.54) is 0 Å². The largest absolute Gasteiger partial charge is 0.481 e. The third-order valence-electron chi connectivity index (χ3n) is 4.79. The zero-order valence-electron chi connectivity index (χ0n) is 17.6. The quantitative estimate of drug-likeness (QED) is 0.387. The van der Waals surface area contributed by atoms with E-state index in [9.17, 15) is 14.4 Å². The molecule has 0 radical (unpaired) electrons. The number of aromatic nitrogens is 1. The molecule has 1 unspecified atom stereocenters. The second-order valence-corrected chi connectivity index (χ2v) is 7.01. The Bertz CT molecular complexity index is 1090. The minimum absolute atomic E-state index is 0. The molecule has 8 nitrogen and oxygen atoms in total. The zero-order valence-corrected chi connectivity index (χ0v) is 19.2. The van der Waals surface area contributed by atoms with Gasteiger partial charge in [-0.15, -0.1) is 24.8 Å². The number of halogens is 2. The van der Waals surface area contributed by atoms with Gasteiger partial charge in [-0.25, -0.2) is 0 Å². The van der Waals surface area contributed by atoms with Crippen molar-refractivity contribution in [2.75, 3.05) is 11.9 Å². The van der Waals surface area contributed by atoms with Gasteiger partial charge in [0.2, 0.25) is 5.91 Å². The fraction of sp³-hybridized carbons (Fsp3) is 0.217. The predicted octanol–water partition coefficient (Wildman–Crippen LogP) is 3.67.